The predicted molar refractivity (Wildman–Crippen MR) is 86.0 cm³/mol. The van der Waals surface area contributed by atoms with Crippen molar-refractivity contribution in [1.82, 2.24) is 5.32 Å². The van der Waals surface area contributed by atoms with E-state index < -0.39 is 23.5 Å². The van der Waals surface area contributed by atoms with Gasteiger partial charge in [0.2, 0.25) is 0 Å². The second-order valence-corrected chi connectivity index (χ2v) is 6.36. The molecule has 2 rings (SSSR count). The van der Waals surface area contributed by atoms with E-state index >= 15 is 0 Å². The number of halogens is 6. The van der Waals surface area contributed by atoms with Crippen molar-refractivity contribution in [3.8, 4) is 0 Å². The molecule has 1 aliphatic rings. The van der Waals surface area contributed by atoms with Gasteiger partial charge in [0.25, 0.3) is 0 Å². The zero-order valence-electron chi connectivity index (χ0n) is 13.0. The van der Waals surface area contributed by atoms with Gasteiger partial charge < -0.3 is 16.4 Å². The number of thiocarbonyl (C=S) groups is 1. The number of rotatable bonds is 2. The third-order valence-electron chi connectivity index (χ3n) is 3.98. The normalized spacial score (nSPS) is 21.7. The molecule has 0 saturated heterocycles. The van der Waals surface area contributed by atoms with Crippen LogP contribution in [0.4, 0.5) is 32.0 Å². The van der Waals surface area contributed by atoms with Crippen molar-refractivity contribution in [2.45, 2.75) is 50.1 Å². The average Bonchev–Trinajstić information content (AvgIpc) is 2.47. The van der Waals surface area contributed by atoms with Crippen LogP contribution in [0, 0.1) is 0 Å². The molecule has 10 heteroatoms. The Morgan fingerprint density at radius 2 is 1.48 bits per heavy atom. The highest BCUT2D eigenvalue weighted by Crippen LogP contribution is 2.37. The molecule has 1 saturated carbocycles. The minimum Gasteiger partial charge on any atom is -0.358 e. The largest absolute Gasteiger partial charge is 0.416 e. The van der Waals surface area contributed by atoms with E-state index in [4.69, 9.17) is 18.0 Å². The lowest BCUT2D eigenvalue weighted by molar-refractivity contribution is -0.143. The van der Waals surface area contributed by atoms with Crippen LogP contribution in [0.15, 0.2) is 18.2 Å². The van der Waals surface area contributed by atoms with E-state index in [-0.39, 0.29) is 28.9 Å². The van der Waals surface area contributed by atoms with Crippen molar-refractivity contribution in [3.63, 3.8) is 0 Å². The van der Waals surface area contributed by atoms with Gasteiger partial charge in [-0.2, -0.15) is 26.3 Å². The van der Waals surface area contributed by atoms with Crippen molar-refractivity contribution >= 4 is 23.0 Å². The van der Waals surface area contributed by atoms with Crippen LogP contribution >= 0.6 is 12.2 Å². The molecule has 0 aromatic heterocycles. The number of hydrogen-bond acceptors (Lipinski definition) is 2. The molecule has 140 valence electrons. The maximum Gasteiger partial charge on any atom is 0.416 e. The van der Waals surface area contributed by atoms with Crippen LogP contribution in [0.25, 0.3) is 0 Å². The molecular weight excluding hydrogens is 368 g/mol. The topological polar surface area (TPSA) is 50.1 Å². The lowest BCUT2D eigenvalue weighted by atomic mass is 9.91. The molecular formula is C15H17F6N3S. The summed E-state index contributed by atoms with van der Waals surface area (Å²) in [5, 5.41) is 5.21. The first-order valence-electron chi connectivity index (χ1n) is 7.59. The fraction of sp³-hybridized carbons (Fsp3) is 0.533. The fourth-order valence-electron chi connectivity index (χ4n) is 2.70. The van der Waals surface area contributed by atoms with Crippen molar-refractivity contribution < 1.29 is 26.3 Å². The van der Waals surface area contributed by atoms with Crippen molar-refractivity contribution in [2.24, 2.45) is 5.73 Å². The predicted octanol–water partition coefficient (Wildman–Crippen LogP) is 4.28. The summed E-state index contributed by atoms with van der Waals surface area (Å²) in [6.07, 6.45) is -6.39. The number of anilines is 1. The van der Waals surface area contributed by atoms with E-state index in [1.165, 1.54) is 0 Å². The highest BCUT2D eigenvalue weighted by molar-refractivity contribution is 7.80. The van der Waals surface area contributed by atoms with Gasteiger partial charge in [0, 0.05) is 17.8 Å². The Labute approximate surface area is 146 Å². The summed E-state index contributed by atoms with van der Waals surface area (Å²) in [7, 11) is 0. The van der Waals surface area contributed by atoms with Gasteiger partial charge in [0.15, 0.2) is 5.11 Å². The Bertz CT molecular complexity index is 596. The Morgan fingerprint density at radius 3 is 1.96 bits per heavy atom. The molecule has 0 bridgehead atoms. The van der Waals surface area contributed by atoms with Crippen LogP contribution in [0.3, 0.4) is 0 Å². The summed E-state index contributed by atoms with van der Waals surface area (Å²) in [5.74, 6) is 0. The van der Waals surface area contributed by atoms with Gasteiger partial charge in [-0.15, -0.1) is 0 Å². The zero-order valence-corrected chi connectivity index (χ0v) is 13.8. The lowest BCUT2D eigenvalue weighted by Crippen LogP contribution is -2.50. The molecule has 25 heavy (non-hydrogen) atoms. The highest BCUT2D eigenvalue weighted by atomic mass is 32.1. The second-order valence-electron chi connectivity index (χ2n) is 5.95. The van der Waals surface area contributed by atoms with Gasteiger partial charge in [-0.25, -0.2) is 0 Å². The zero-order chi connectivity index (χ0) is 18.8. The summed E-state index contributed by atoms with van der Waals surface area (Å²) in [5.41, 5.74) is 2.75. The van der Waals surface area contributed by atoms with Gasteiger partial charge in [0.05, 0.1) is 11.1 Å². The molecule has 0 amide bonds. The van der Waals surface area contributed by atoms with Crippen molar-refractivity contribution in [1.29, 1.82) is 0 Å². The van der Waals surface area contributed by atoms with Crippen LogP contribution in [0.2, 0.25) is 0 Å². The van der Waals surface area contributed by atoms with E-state index in [1.807, 2.05) is 0 Å². The van der Waals surface area contributed by atoms with Crippen LogP contribution in [-0.4, -0.2) is 17.2 Å². The summed E-state index contributed by atoms with van der Waals surface area (Å²) in [6.45, 7) is 0. The molecule has 0 radical (unpaired) electrons. The Kier molecular flexibility index (Phi) is 5.82. The number of benzene rings is 1. The SMILES string of the molecule is N[C@H]1CCCCC1NC(=S)Nc1cc(C(F)(F)F)cc(C(F)(F)F)c1. The number of hydrogen-bond donors (Lipinski definition) is 3. The van der Waals surface area contributed by atoms with E-state index in [1.54, 1.807) is 0 Å². The van der Waals surface area contributed by atoms with Gasteiger partial charge in [-0.1, -0.05) is 12.8 Å². The molecule has 1 aliphatic carbocycles. The van der Waals surface area contributed by atoms with Gasteiger partial charge >= 0.3 is 12.4 Å². The second kappa shape index (κ2) is 7.36. The maximum absolute atomic E-state index is 12.8. The van der Waals surface area contributed by atoms with Gasteiger partial charge in [0.1, 0.15) is 0 Å². The molecule has 0 aliphatic heterocycles. The molecule has 1 unspecified atom stereocenters. The number of nitrogens with one attached hydrogen (secondary N) is 2. The Balaban J connectivity index is 2.18. The monoisotopic (exact) mass is 385 g/mol. The smallest absolute Gasteiger partial charge is 0.358 e. The summed E-state index contributed by atoms with van der Waals surface area (Å²) in [4.78, 5) is 0. The van der Waals surface area contributed by atoms with E-state index in [0.29, 0.717) is 12.1 Å². The maximum atomic E-state index is 12.8. The molecule has 1 fully saturated rings. The molecule has 2 atom stereocenters. The third-order valence-corrected chi connectivity index (χ3v) is 4.20. The first-order valence-corrected chi connectivity index (χ1v) is 8.00. The first-order chi connectivity index (χ1) is 11.5. The van der Waals surface area contributed by atoms with E-state index in [9.17, 15) is 26.3 Å². The van der Waals surface area contributed by atoms with Crippen LogP contribution in [-0.2, 0) is 12.4 Å². The van der Waals surface area contributed by atoms with E-state index in [0.717, 1.165) is 25.7 Å². The Hall–Kier alpha value is -1.55. The van der Waals surface area contributed by atoms with Crippen LogP contribution < -0.4 is 16.4 Å². The first kappa shape index (κ1) is 19.8. The molecule has 3 nitrogen and oxygen atoms in total. The minimum atomic E-state index is -4.90. The molecule has 0 spiro atoms. The van der Waals surface area contributed by atoms with Gasteiger partial charge in [-0.05, 0) is 43.3 Å². The minimum absolute atomic E-state index is 0.0604. The van der Waals surface area contributed by atoms with Crippen molar-refractivity contribution in [3.05, 3.63) is 29.3 Å². The summed E-state index contributed by atoms with van der Waals surface area (Å²) < 4.78 is 77.0. The number of nitrogens with two attached hydrogens (primary N) is 1. The fourth-order valence-corrected chi connectivity index (χ4v) is 2.97. The quantitative estimate of drug-likeness (QED) is 0.525. The summed E-state index contributed by atoms with van der Waals surface area (Å²) >= 11 is 5.00. The van der Waals surface area contributed by atoms with Crippen LogP contribution in [0.1, 0.15) is 36.8 Å². The van der Waals surface area contributed by atoms with E-state index in [2.05, 4.69) is 10.6 Å². The Morgan fingerprint density at radius 1 is 0.960 bits per heavy atom. The molecule has 1 aromatic carbocycles. The van der Waals surface area contributed by atoms with Crippen LogP contribution in [0.5, 0.6) is 0 Å². The lowest BCUT2D eigenvalue weighted by Gasteiger charge is -2.30. The molecule has 0 heterocycles. The third kappa shape index (κ3) is 5.46. The molecule has 4 N–H and O–H groups in total. The average molecular weight is 385 g/mol. The van der Waals surface area contributed by atoms with Crippen molar-refractivity contribution in [2.75, 3.05) is 5.32 Å². The summed E-state index contributed by atoms with van der Waals surface area (Å²) in [6, 6.07) is 0.912. The molecule has 1 aromatic rings. The van der Waals surface area contributed by atoms with Gasteiger partial charge in [-0.3, -0.25) is 0 Å². The number of alkyl halides is 6. The highest BCUT2D eigenvalue weighted by Gasteiger charge is 2.37. The standard InChI is InChI=1S/C15H17F6N3S/c16-14(17,18)8-5-9(15(19,20)21)7-10(6-8)23-13(25)24-12-4-2-1-3-11(12)22/h5-7,11-12H,1-4,22H2,(H2,23,24,25)/t11-,12?/m0/s1.